The largest absolute Gasteiger partial charge is 0.505 e. The predicted octanol–water partition coefficient (Wildman–Crippen LogP) is 1.52. The van der Waals surface area contributed by atoms with Gasteiger partial charge < -0.3 is 5.11 Å². The third-order valence-corrected chi connectivity index (χ3v) is 2.45. The number of phenols is 1. The van der Waals surface area contributed by atoms with Gasteiger partial charge in [-0.3, -0.25) is 0 Å². The number of hydrogen-bond donors (Lipinski definition) is 1. The highest BCUT2D eigenvalue weighted by Gasteiger charge is 2.08. The van der Waals surface area contributed by atoms with Gasteiger partial charge in [-0.25, -0.2) is 4.39 Å². The number of aromatic hydroxyl groups is 1. The molecule has 0 atom stereocenters. The summed E-state index contributed by atoms with van der Waals surface area (Å²) in [6.45, 7) is 2.11. The van der Waals surface area contributed by atoms with Gasteiger partial charge in [0, 0.05) is 0 Å². The van der Waals surface area contributed by atoms with Gasteiger partial charge in [-0.05, 0) is 23.9 Å². The molecule has 1 aromatic rings. The minimum Gasteiger partial charge on any atom is -0.505 e. The molecule has 0 bridgehead atoms. The van der Waals surface area contributed by atoms with E-state index in [0.29, 0.717) is 17.4 Å². The molecule has 0 aromatic heterocycles. The monoisotopic (exact) mass is 194 g/mol. The van der Waals surface area contributed by atoms with E-state index in [0.717, 1.165) is 19.3 Å². The van der Waals surface area contributed by atoms with Crippen molar-refractivity contribution in [2.24, 2.45) is 0 Å². The van der Waals surface area contributed by atoms with E-state index in [1.165, 1.54) is 0 Å². The second kappa shape index (κ2) is 5.04. The average molecular weight is 194 g/mol. The summed E-state index contributed by atoms with van der Waals surface area (Å²) >= 11 is 0. The molecule has 1 nitrogen and oxygen atoms in total. The Balaban J connectivity index is 2.73. The van der Waals surface area contributed by atoms with Crippen LogP contribution < -0.4 is 5.46 Å². The lowest BCUT2D eigenvalue weighted by molar-refractivity contribution is 0.432. The van der Waals surface area contributed by atoms with Gasteiger partial charge in [0.05, 0.1) is 0 Å². The van der Waals surface area contributed by atoms with E-state index in [2.05, 4.69) is 6.92 Å². The molecule has 14 heavy (non-hydrogen) atoms. The molecule has 0 heterocycles. The van der Waals surface area contributed by atoms with Gasteiger partial charge in [0.2, 0.25) is 0 Å². The second-order valence-electron chi connectivity index (χ2n) is 3.66. The summed E-state index contributed by atoms with van der Waals surface area (Å²) in [4.78, 5) is 0. The fraction of sp³-hybridized carbons (Fsp3) is 0.455. The first kappa shape index (κ1) is 11.1. The van der Waals surface area contributed by atoms with Crippen LogP contribution in [0.3, 0.4) is 0 Å². The Labute approximate surface area is 85.4 Å². The summed E-state index contributed by atoms with van der Waals surface area (Å²) in [7, 11) is 1.70. The Hall–Kier alpha value is -0.985. The third kappa shape index (κ3) is 2.50. The van der Waals surface area contributed by atoms with Crippen LogP contribution in [0.15, 0.2) is 12.1 Å². The predicted molar refractivity (Wildman–Crippen MR) is 59.5 cm³/mol. The van der Waals surface area contributed by atoms with Gasteiger partial charge in [-0.1, -0.05) is 31.9 Å². The molecular weight excluding hydrogens is 178 g/mol. The number of rotatable bonds is 4. The maximum absolute atomic E-state index is 13.4. The molecule has 0 saturated carbocycles. The van der Waals surface area contributed by atoms with E-state index < -0.39 is 5.82 Å². The summed E-state index contributed by atoms with van der Waals surface area (Å²) in [6, 6.07) is 3.53. The number of aryl methyl sites for hydroxylation is 1. The number of benzene rings is 1. The fourth-order valence-corrected chi connectivity index (χ4v) is 1.46. The van der Waals surface area contributed by atoms with Crippen molar-refractivity contribution in [2.45, 2.75) is 32.6 Å². The van der Waals surface area contributed by atoms with Crippen LogP contribution in [0.1, 0.15) is 31.7 Å². The average Bonchev–Trinajstić information content (AvgIpc) is 2.18. The molecule has 0 unspecified atom stereocenters. The zero-order chi connectivity index (χ0) is 10.6. The second-order valence-corrected chi connectivity index (χ2v) is 3.66. The zero-order valence-corrected chi connectivity index (χ0v) is 8.81. The number of halogens is 1. The number of phenolic OH excluding ortho intramolecular Hbond substituents is 1. The summed E-state index contributed by atoms with van der Waals surface area (Å²) in [6.07, 6.45) is 3.93. The number of unbranched alkanes of at least 4 members (excludes halogenated alkanes) is 2. The van der Waals surface area contributed by atoms with Crippen LogP contribution in [0, 0.1) is 5.82 Å². The highest BCUT2D eigenvalue weighted by molar-refractivity contribution is 6.34. The Morgan fingerprint density at radius 1 is 1.36 bits per heavy atom. The maximum Gasteiger partial charge on any atom is 0.167 e. The molecular formula is C11H16BFO. The SMILES string of the molecule is Bc1ccc(CCCCC)c(F)c1O. The summed E-state index contributed by atoms with van der Waals surface area (Å²) < 4.78 is 13.4. The first-order valence-corrected chi connectivity index (χ1v) is 5.13. The van der Waals surface area contributed by atoms with Crippen molar-refractivity contribution < 1.29 is 9.50 Å². The Morgan fingerprint density at radius 2 is 2.07 bits per heavy atom. The standard InChI is InChI=1S/C11H16BFO/c1-2-3-4-5-8-6-7-9(12)11(14)10(8)13/h6-7,14H,2-5,12H2,1H3. The quantitative estimate of drug-likeness (QED) is 0.569. The van der Waals surface area contributed by atoms with Crippen molar-refractivity contribution in [1.82, 2.24) is 0 Å². The van der Waals surface area contributed by atoms with Gasteiger partial charge in [-0.15, -0.1) is 0 Å². The molecule has 0 saturated heterocycles. The van der Waals surface area contributed by atoms with Crippen LogP contribution in [-0.2, 0) is 6.42 Å². The van der Waals surface area contributed by atoms with E-state index in [-0.39, 0.29) is 5.75 Å². The van der Waals surface area contributed by atoms with Crippen molar-refractivity contribution in [3.8, 4) is 5.75 Å². The van der Waals surface area contributed by atoms with Gasteiger partial charge in [0.25, 0.3) is 0 Å². The van der Waals surface area contributed by atoms with Crippen LogP contribution in [0.25, 0.3) is 0 Å². The molecule has 0 spiro atoms. The van der Waals surface area contributed by atoms with E-state index in [1.807, 2.05) is 0 Å². The van der Waals surface area contributed by atoms with Crippen molar-refractivity contribution in [1.29, 1.82) is 0 Å². The molecule has 3 heteroatoms. The van der Waals surface area contributed by atoms with Crippen LogP contribution in [0.4, 0.5) is 4.39 Å². The molecule has 0 fully saturated rings. The van der Waals surface area contributed by atoms with Crippen molar-refractivity contribution in [3.63, 3.8) is 0 Å². The Morgan fingerprint density at radius 3 is 2.71 bits per heavy atom. The normalized spacial score (nSPS) is 10.4. The van der Waals surface area contributed by atoms with Crippen molar-refractivity contribution in [2.75, 3.05) is 0 Å². The molecule has 0 aliphatic heterocycles. The zero-order valence-electron chi connectivity index (χ0n) is 8.81. The minimum atomic E-state index is -0.443. The van der Waals surface area contributed by atoms with Gasteiger partial charge in [0.15, 0.2) is 5.82 Å². The molecule has 1 N–H and O–H groups in total. The van der Waals surface area contributed by atoms with Crippen LogP contribution in [0.5, 0.6) is 5.75 Å². The minimum absolute atomic E-state index is 0.195. The van der Waals surface area contributed by atoms with E-state index in [4.69, 9.17) is 0 Å². The highest BCUT2D eigenvalue weighted by Crippen LogP contribution is 2.18. The highest BCUT2D eigenvalue weighted by atomic mass is 19.1. The van der Waals surface area contributed by atoms with Crippen molar-refractivity contribution in [3.05, 3.63) is 23.5 Å². The lowest BCUT2D eigenvalue weighted by atomic mass is 9.92. The number of hydrogen-bond acceptors (Lipinski definition) is 1. The summed E-state index contributed by atoms with van der Waals surface area (Å²) in [5.41, 5.74) is 1.23. The van der Waals surface area contributed by atoms with Gasteiger partial charge in [-0.2, -0.15) is 0 Å². The van der Waals surface area contributed by atoms with Crippen molar-refractivity contribution >= 4 is 13.3 Å². The van der Waals surface area contributed by atoms with Crippen LogP contribution in [0.2, 0.25) is 0 Å². The molecule has 76 valence electrons. The summed E-state index contributed by atoms with van der Waals surface area (Å²) in [5, 5.41) is 9.37. The molecule has 0 amide bonds. The summed E-state index contributed by atoms with van der Waals surface area (Å²) in [5.74, 6) is -0.639. The van der Waals surface area contributed by atoms with E-state index >= 15 is 0 Å². The first-order chi connectivity index (χ1) is 6.66. The van der Waals surface area contributed by atoms with Crippen LogP contribution >= 0.6 is 0 Å². The fourth-order valence-electron chi connectivity index (χ4n) is 1.46. The lowest BCUT2D eigenvalue weighted by Crippen LogP contribution is -2.06. The molecule has 1 aromatic carbocycles. The van der Waals surface area contributed by atoms with E-state index in [9.17, 15) is 9.50 Å². The first-order valence-electron chi connectivity index (χ1n) is 5.13. The molecule has 0 aliphatic rings. The van der Waals surface area contributed by atoms with E-state index in [1.54, 1.807) is 20.0 Å². The van der Waals surface area contributed by atoms with Crippen LogP contribution in [-0.4, -0.2) is 13.0 Å². The topological polar surface area (TPSA) is 20.2 Å². The van der Waals surface area contributed by atoms with Gasteiger partial charge in [0.1, 0.15) is 13.6 Å². The molecule has 0 aliphatic carbocycles. The Bertz CT molecular complexity index is 312. The smallest absolute Gasteiger partial charge is 0.167 e. The maximum atomic E-state index is 13.4. The molecule has 1 rings (SSSR count). The third-order valence-electron chi connectivity index (χ3n) is 2.45. The van der Waals surface area contributed by atoms with Gasteiger partial charge >= 0.3 is 0 Å². The lowest BCUT2D eigenvalue weighted by Gasteiger charge is -2.06. The molecule has 0 radical (unpaired) electrons. The Kier molecular flexibility index (Phi) is 3.99.